The van der Waals surface area contributed by atoms with Gasteiger partial charge in [-0.3, -0.25) is 9.59 Å². The van der Waals surface area contributed by atoms with E-state index < -0.39 is 5.97 Å². The number of ether oxygens (including phenoxy) is 1. The topological polar surface area (TPSA) is 75.6 Å². The molecule has 0 radical (unpaired) electrons. The largest absolute Gasteiger partial charge is 0.481 e. The van der Waals surface area contributed by atoms with Crippen molar-refractivity contribution in [3.05, 3.63) is 0 Å². The highest BCUT2D eigenvalue weighted by atomic mass is 16.5. The zero-order valence-electron chi connectivity index (χ0n) is 8.58. The van der Waals surface area contributed by atoms with E-state index >= 15 is 0 Å². The van der Waals surface area contributed by atoms with E-state index in [1.807, 2.05) is 0 Å². The van der Waals surface area contributed by atoms with Crippen molar-refractivity contribution >= 4 is 11.9 Å². The maximum absolute atomic E-state index is 11.2. The minimum Gasteiger partial charge on any atom is -0.481 e. The molecule has 0 aromatic heterocycles. The van der Waals surface area contributed by atoms with E-state index in [1.54, 1.807) is 6.92 Å². The monoisotopic (exact) mass is 203 g/mol. The number of rotatable bonds is 7. The average molecular weight is 203 g/mol. The zero-order valence-corrected chi connectivity index (χ0v) is 8.58. The van der Waals surface area contributed by atoms with Gasteiger partial charge in [-0.25, -0.2) is 0 Å². The number of methoxy groups -OCH3 is 1. The lowest BCUT2D eigenvalue weighted by Gasteiger charge is -2.10. The predicted octanol–water partition coefficient (Wildman–Crippen LogP) is 0.250. The first kappa shape index (κ1) is 12.9. The van der Waals surface area contributed by atoms with Crippen LogP contribution in [0, 0.1) is 5.92 Å². The Morgan fingerprint density at radius 1 is 1.50 bits per heavy atom. The normalized spacial score (nSPS) is 12.1. The van der Waals surface area contributed by atoms with Gasteiger partial charge in [0.25, 0.3) is 0 Å². The quantitative estimate of drug-likeness (QED) is 0.581. The van der Waals surface area contributed by atoms with E-state index in [9.17, 15) is 9.59 Å². The SMILES string of the molecule is COCC(C)C(=O)NCCCC(=O)O. The highest BCUT2D eigenvalue weighted by Crippen LogP contribution is 1.95. The van der Waals surface area contributed by atoms with Gasteiger partial charge >= 0.3 is 5.97 Å². The maximum Gasteiger partial charge on any atom is 0.303 e. The van der Waals surface area contributed by atoms with Crippen LogP contribution in [0.15, 0.2) is 0 Å². The number of amides is 1. The molecule has 0 heterocycles. The first-order valence-electron chi connectivity index (χ1n) is 4.56. The van der Waals surface area contributed by atoms with Crippen molar-refractivity contribution in [3.8, 4) is 0 Å². The van der Waals surface area contributed by atoms with Gasteiger partial charge in [-0.15, -0.1) is 0 Å². The molecular formula is C9H17NO4. The Labute approximate surface area is 83.4 Å². The molecule has 0 fully saturated rings. The van der Waals surface area contributed by atoms with Gasteiger partial charge in [-0.05, 0) is 6.42 Å². The summed E-state index contributed by atoms with van der Waals surface area (Å²) < 4.78 is 4.81. The molecule has 1 amide bonds. The molecule has 0 aromatic carbocycles. The Morgan fingerprint density at radius 3 is 2.64 bits per heavy atom. The highest BCUT2D eigenvalue weighted by Gasteiger charge is 2.11. The third-order valence-corrected chi connectivity index (χ3v) is 1.73. The van der Waals surface area contributed by atoms with E-state index in [0.717, 1.165) is 0 Å². The Balaban J connectivity index is 3.48. The van der Waals surface area contributed by atoms with Crippen LogP contribution in [0.25, 0.3) is 0 Å². The fourth-order valence-corrected chi connectivity index (χ4v) is 0.951. The standard InChI is InChI=1S/C9H17NO4/c1-7(6-14-2)9(13)10-5-3-4-8(11)12/h7H,3-6H2,1-2H3,(H,10,13)(H,11,12). The Hall–Kier alpha value is -1.10. The molecule has 0 aromatic rings. The summed E-state index contributed by atoms with van der Waals surface area (Å²) in [6, 6.07) is 0. The molecule has 1 unspecified atom stereocenters. The summed E-state index contributed by atoms with van der Waals surface area (Å²) in [6.07, 6.45) is 0.541. The van der Waals surface area contributed by atoms with Gasteiger partial charge in [-0.1, -0.05) is 6.92 Å². The molecule has 5 heteroatoms. The van der Waals surface area contributed by atoms with Crippen molar-refractivity contribution in [3.63, 3.8) is 0 Å². The number of carbonyl (C=O) groups is 2. The molecule has 1 atom stereocenters. The van der Waals surface area contributed by atoms with Crippen LogP contribution in [-0.4, -0.2) is 37.2 Å². The smallest absolute Gasteiger partial charge is 0.303 e. The second kappa shape index (κ2) is 7.32. The molecule has 0 aliphatic rings. The lowest BCUT2D eigenvalue weighted by atomic mass is 10.2. The highest BCUT2D eigenvalue weighted by molar-refractivity contribution is 5.78. The molecule has 2 N–H and O–H groups in total. The minimum absolute atomic E-state index is 0.0823. The Bertz CT molecular complexity index is 193. The van der Waals surface area contributed by atoms with Crippen LogP contribution in [-0.2, 0) is 14.3 Å². The van der Waals surface area contributed by atoms with E-state index in [2.05, 4.69) is 5.32 Å². The summed E-state index contributed by atoms with van der Waals surface area (Å²) in [7, 11) is 1.54. The molecule has 0 aliphatic carbocycles. The minimum atomic E-state index is -0.843. The summed E-state index contributed by atoms with van der Waals surface area (Å²) in [5.74, 6) is -1.13. The van der Waals surface area contributed by atoms with Gasteiger partial charge in [0.1, 0.15) is 0 Å². The fourth-order valence-electron chi connectivity index (χ4n) is 0.951. The van der Waals surface area contributed by atoms with E-state index in [4.69, 9.17) is 9.84 Å². The van der Waals surface area contributed by atoms with Crippen molar-refractivity contribution in [1.29, 1.82) is 0 Å². The molecule has 0 aliphatic heterocycles. The zero-order chi connectivity index (χ0) is 11.0. The van der Waals surface area contributed by atoms with Crippen LogP contribution in [0.2, 0.25) is 0 Å². The number of aliphatic carboxylic acids is 1. The Morgan fingerprint density at radius 2 is 2.14 bits per heavy atom. The molecule has 0 saturated heterocycles. The number of hydrogen-bond donors (Lipinski definition) is 2. The van der Waals surface area contributed by atoms with Gasteiger partial charge in [-0.2, -0.15) is 0 Å². The van der Waals surface area contributed by atoms with Gasteiger partial charge in [0.05, 0.1) is 12.5 Å². The molecule has 0 saturated carbocycles. The van der Waals surface area contributed by atoms with E-state index in [0.29, 0.717) is 19.6 Å². The number of carboxylic acid groups (broad SMARTS) is 1. The van der Waals surface area contributed by atoms with Gasteiger partial charge in [0, 0.05) is 20.1 Å². The van der Waals surface area contributed by atoms with Crippen LogP contribution >= 0.6 is 0 Å². The van der Waals surface area contributed by atoms with Crippen molar-refractivity contribution in [2.75, 3.05) is 20.3 Å². The second-order valence-electron chi connectivity index (χ2n) is 3.14. The number of hydrogen-bond acceptors (Lipinski definition) is 3. The van der Waals surface area contributed by atoms with Crippen molar-refractivity contribution in [1.82, 2.24) is 5.32 Å². The number of carboxylic acids is 1. The Kier molecular flexibility index (Phi) is 6.74. The van der Waals surface area contributed by atoms with Crippen LogP contribution in [0.5, 0.6) is 0 Å². The molecule has 14 heavy (non-hydrogen) atoms. The summed E-state index contributed by atoms with van der Waals surface area (Å²) in [5, 5.41) is 11.0. The second-order valence-corrected chi connectivity index (χ2v) is 3.14. The van der Waals surface area contributed by atoms with Crippen LogP contribution in [0.3, 0.4) is 0 Å². The van der Waals surface area contributed by atoms with Crippen molar-refractivity contribution < 1.29 is 19.4 Å². The summed E-state index contributed by atoms with van der Waals surface area (Å²) >= 11 is 0. The maximum atomic E-state index is 11.2. The third kappa shape index (κ3) is 6.42. The summed E-state index contributed by atoms with van der Waals surface area (Å²) in [4.78, 5) is 21.4. The molecule has 0 spiro atoms. The van der Waals surface area contributed by atoms with Crippen LogP contribution in [0.4, 0.5) is 0 Å². The number of nitrogens with one attached hydrogen (secondary N) is 1. The summed E-state index contributed by atoms with van der Waals surface area (Å²) in [5.41, 5.74) is 0. The van der Waals surface area contributed by atoms with Gasteiger partial charge in [0.2, 0.25) is 5.91 Å². The van der Waals surface area contributed by atoms with Crippen molar-refractivity contribution in [2.24, 2.45) is 5.92 Å². The van der Waals surface area contributed by atoms with Gasteiger partial charge in [0.15, 0.2) is 0 Å². The lowest BCUT2D eigenvalue weighted by molar-refractivity contribution is -0.137. The average Bonchev–Trinajstić information content (AvgIpc) is 2.12. The van der Waals surface area contributed by atoms with E-state index in [-0.39, 0.29) is 18.2 Å². The molecule has 0 bridgehead atoms. The molecule has 0 rings (SSSR count). The molecular weight excluding hydrogens is 186 g/mol. The molecule has 82 valence electrons. The van der Waals surface area contributed by atoms with Crippen molar-refractivity contribution in [2.45, 2.75) is 19.8 Å². The first-order chi connectivity index (χ1) is 6.57. The van der Waals surface area contributed by atoms with Gasteiger partial charge < -0.3 is 15.2 Å². The third-order valence-electron chi connectivity index (χ3n) is 1.73. The van der Waals surface area contributed by atoms with E-state index in [1.165, 1.54) is 7.11 Å². The van der Waals surface area contributed by atoms with Crippen LogP contribution < -0.4 is 5.32 Å². The number of carbonyl (C=O) groups excluding carboxylic acids is 1. The molecule has 5 nitrogen and oxygen atoms in total. The lowest BCUT2D eigenvalue weighted by Crippen LogP contribution is -2.32. The van der Waals surface area contributed by atoms with Crippen LogP contribution in [0.1, 0.15) is 19.8 Å². The summed E-state index contributed by atoms with van der Waals surface area (Å²) in [6.45, 7) is 2.54. The predicted molar refractivity (Wildman–Crippen MR) is 50.9 cm³/mol. The fraction of sp³-hybridized carbons (Fsp3) is 0.778. The first-order valence-corrected chi connectivity index (χ1v) is 4.56.